The van der Waals surface area contributed by atoms with Gasteiger partial charge in [0.05, 0.1) is 29.8 Å². The van der Waals surface area contributed by atoms with E-state index in [2.05, 4.69) is 106 Å². The molecule has 0 fully saturated rings. The Morgan fingerprint density at radius 3 is 1.27 bits per heavy atom. The zero-order valence-electron chi connectivity index (χ0n) is 27.0. The highest BCUT2D eigenvalue weighted by atomic mass is 16.6. The molecule has 0 radical (unpaired) electrons. The first-order chi connectivity index (χ1) is 24.5. The van der Waals surface area contributed by atoms with E-state index in [0.717, 1.165) is 9.80 Å². The minimum atomic E-state index is -1.59. The number of unbranched alkanes of at least 4 members (excludes halogenated alkanes) is 1. The molecular formula is C36H27N4O11-5. The van der Waals surface area contributed by atoms with E-state index >= 15 is 0 Å². The fourth-order valence-electron chi connectivity index (χ4n) is 3.69. The quantitative estimate of drug-likeness (QED) is 0.0631. The molecule has 0 aliphatic rings. The number of aliphatic carboxylic acids is 5. The van der Waals surface area contributed by atoms with Crippen LogP contribution in [-0.2, 0) is 28.8 Å². The molecule has 0 aliphatic heterocycles. The standard InChI is InChI=1S/C36H32N4O11/c1-2-3-4-5-6-7-8-9-10-11-12-13-14-15-16-19-26-51-37-21-18-17-20-31(36(49)50)40(24-22-38(27-32(41)42)28-33(43)44)25-23-39(29-34(45)46)30-35(47)48/h1,31,37H,17-18,20-25,27-30H2,(H,41,42)(H,43,44)(H,45,46)(H,47,48)(H,49,50)/p-5. The molecule has 0 spiro atoms. The molecule has 1 unspecified atom stereocenters. The lowest BCUT2D eigenvalue weighted by molar-refractivity contribution is -0.314. The van der Waals surface area contributed by atoms with Crippen molar-refractivity contribution in [2.45, 2.75) is 25.3 Å². The summed E-state index contributed by atoms with van der Waals surface area (Å²) in [6, 6.07) is -1.31. The third kappa shape index (κ3) is 27.8. The zero-order valence-corrected chi connectivity index (χ0v) is 27.0. The molecule has 0 bridgehead atoms. The van der Waals surface area contributed by atoms with E-state index < -0.39 is 62.1 Å². The van der Waals surface area contributed by atoms with E-state index in [1.54, 1.807) is 0 Å². The number of rotatable bonds is 22. The second kappa shape index (κ2) is 29.2. The van der Waals surface area contributed by atoms with E-state index in [1.807, 2.05) is 0 Å². The molecule has 0 amide bonds. The number of nitrogens with zero attached hydrogens (tertiary/aromatic N) is 3. The summed E-state index contributed by atoms with van der Waals surface area (Å²) in [5, 5.41) is 56.3. The van der Waals surface area contributed by atoms with Gasteiger partial charge in [0, 0.05) is 112 Å². The monoisotopic (exact) mass is 691 g/mol. The van der Waals surface area contributed by atoms with E-state index in [-0.39, 0.29) is 45.6 Å². The number of carboxylic acids is 5. The van der Waals surface area contributed by atoms with Gasteiger partial charge in [0.2, 0.25) is 0 Å². The predicted octanol–water partition coefficient (Wildman–Crippen LogP) is -8.68. The van der Waals surface area contributed by atoms with E-state index in [9.17, 15) is 49.5 Å². The largest absolute Gasteiger partial charge is 0.549 e. The first-order valence-corrected chi connectivity index (χ1v) is 14.5. The molecular weight excluding hydrogens is 664 g/mol. The van der Waals surface area contributed by atoms with E-state index in [1.165, 1.54) is 4.90 Å². The third-order valence-corrected chi connectivity index (χ3v) is 5.66. The Balaban J connectivity index is 5.11. The molecule has 0 saturated heterocycles. The molecule has 51 heavy (non-hydrogen) atoms. The van der Waals surface area contributed by atoms with Crippen LogP contribution in [0.25, 0.3) is 0 Å². The highest BCUT2D eigenvalue weighted by Gasteiger charge is 2.22. The van der Waals surface area contributed by atoms with Crippen LogP contribution in [0.4, 0.5) is 0 Å². The van der Waals surface area contributed by atoms with E-state index in [4.69, 9.17) is 11.3 Å². The van der Waals surface area contributed by atoms with Gasteiger partial charge in [0.15, 0.2) is 6.11 Å². The second-order valence-electron chi connectivity index (χ2n) is 9.39. The van der Waals surface area contributed by atoms with Gasteiger partial charge in [-0.1, -0.05) is 6.42 Å². The number of nitrogens with one attached hydrogen (secondary N) is 1. The van der Waals surface area contributed by atoms with Gasteiger partial charge in [-0.15, -0.1) is 11.9 Å². The molecule has 0 aliphatic carbocycles. The van der Waals surface area contributed by atoms with Gasteiger partial charge >= 0.3 is 0 Å². The predicted molar refractivity (Wildman–Crippen MR) is 167 cm³/mol. The first kappa shape index (κ1) is 44.0. The topological polar surface area (TPSA) is 232 Å². The molecule has 0 heterocycles. The summed E-state index contributed by atoms with van der Waals surface area (Å²) in [5.74, 6) is 30.4. The molecule has 1 N–H and O–H groups in total. The number of hydrogen-bond acceptors (Lipinski definition) is 15. The van der Waals surface area contributed by atoms with Crippen LogP contribution in [0.1, 0.15) is 19.3 Å². The Kier molecular flexibility index (Phi) is 25.2. The average molecular weight is 692 g/mol. The zero-order chi connectivity index (χ0) is 38.1. The SMILES string of the molecule is C#CC#CC#CC#CC#CC#CC#CC#CC#CONCCCCC(C(=O)[O-])N(CCN(CC(=O)[O-])CC(=O)[O-])CCN(CC(=O)[O-])CC(=O)[O-]. The number of hydrogen-bond donors (Lipinski definition) is 1. The van der Waals surface area contributed by atoms with Crippen molar-refractivity contribution < 1.29 is 54.3 Å². The highest BCUT2D eigenvalue weighted by molar-refractivity contribution is 5.72. The van der Waals surface area contributed by atoms with Crippen molar-refractivity contribution in [2.24, 2.45) is 0 Å². The minimum Gasteiger partial charge on any atom is -0.549 e. The normalized spacial score (nSPS) is 9.37. The number of terminal acetylenes is 1. The van der Waals surface area contributed by atoms with Crippen LogP contribution >= 0.6 is 0 Å². The van der Waals surface area contributed by atoms with Crippen molar-refractivity contribution in [1.82, 2.24) is 20.2 Å². The summed E-state index contributed by atoms with van der Waals surface area (Å²) in [5.41, 5.74) is 2.54. The maximum Gasteiger partial charge on any atom is 0.152 e. The van der Waals surface area contributed by atoms with Gasteiger partial charge in [-0.05, 0) is 60.2 Å². The Labute approximate surface area is 295 Å². The van der Waals surface area contributed by atoms with Crippen LogP contribution < -0.4 is 31.0 Å². The van der Waals surface area contributed by atoms with Crippen LogP contribution in [0.2, 0.25) is 0 Å². The average Bonchev–Trinajstić information content (AvgIpc) is 3.04. The minimum absolute atomic E-state index is 0.0122. The smallest absolute Gasteiger partial charge is 0.152 e. The number of hydroxylamine groups is 1. The molecule has 15 nitrogen and oxygen atoms in total. The van der Waals surface area contributed by atoms with Gasteiger partial charge in [0.25, 0.3) is 0 Å². The van der Waals surface area contributed by atoms with Gasteiger partial charge in [0.1, 0.15) is 0 Å². The van der Waals surface area contributed by atoms with Crippen molar-refractivity contribution in [1.29, 1.82) is 0 Å². The van der Waals surface area contributed by atoms with Gasteiger partial charge in [-0.3, -0.25) is 14.7 Å². The Morgan fingerprint density at radius 1 is 0.549 bits per heavy atom. The summed E-state index contributed by atoms with van der Waals surface area (Å²) in [7, 11) is 0. The number of carbonyl (C=O) groups excluding carboxylic acids is 5. The molecule has 1 atom stereocenters. The maximum absolute atomic E-state index is 12.1. The van der Waals surface area contributed by atoms with Gasteiger partial charge < -0.3 is 54.3 Å². The Bertz CT molecular complexity index is 1740. The summed E-state index contributed by atoms with van der Waals surface area (Å²) < 4.78 is 0. The summed E-state index contributed by atoms with van der Waals surface area (Å²) in [6.45, 7) is -3.92. The van der Waals surface area contributed by atoms with Crippen molar-refractivity contribution in [3.05, 3.63) is 0 Å². The molecule has 262 valence electrons. The van der Waals surface area contributed by atoms with Crippen LogP contribution in [0.5, 0.6) is 0 Å². The summed E-state index contributed by atoms with van der Waals surface area (Å²) in [4.78, 5) is 64.3. The maximum atomic E-state index is 12.1. The molecule has 0 rings (SSSR count). The van der Waals surface area contributed by atoms with Crippen LogP contribution in [0, 0.1) is 107 Å². The molecule has 0 saturated carbocycles. The van der Waals surface area contributed by atoms with Gasteiger partial charge in [-0.2, -0.15) is 0 Å². The van der Waals surface area contributed by atoms with Gasteiger partial charge in [-0.25, -0.2) is 0 Å². The Morgan fingerprint density at radius 2 is 0.922 bits per heavy atom. The summed E-state index contributed by atoms with van der Waals surface area (Å²) in [6.07, 6.45) is 7.84. The van der Waals surface area contributed by atoms with Crippen molar-refractivity contribution in [3.8, 4) is 107 Å². The summed E-state index contributed by atoms with van der Waals surface area (Å²) >= 11 is 0. The number of carboxylic acid groups (broad SMARTS) is 5. The van der Waals surface area contributed by atoms with Crippen molar-refractivity contribution in [2.75, 3.05) is 58.9 Å². The second-order valence-corrected chi connectivity index (χ2v) is 9.39. The fraction of sp³-hybridized carbons (Fsp3) is 0.361. The van der Waals surface area contributed by atoms with Crippen LogP contribution in [0.3, 0.4) is 0 Å². The molecule has 0 aromatic carbocycles. The van der Waals surface area contributed by atoms with Crippen LogP contribution in [0.15, 0.2) is 0 Å². The molecule has 15 heteroatoms. The van der Waals surface area contributed by atoms with Crippen molar-refractivity contribution in [3.63, 3.8) is 0 Å². The van der Waals surface area contributed by atoms with Crippen LogP contribution in [-0.4, -0.2) is 109 Å². The Hall–Kier alpha value is -6.97. The van der Waals surface area contributed by atoms with Crippen molar-refractivity contribution >= 4 is 29.8 Å². The fourth-order valence-corrected chi connectivity index (χ4v) is 3.69. The third-order valence-electron chi connectivity index (χ3n) is 5.66. The number of carbonyl (C=O) groups is 5. The highest BCUT2D eigenvalue weighted by Crippen LogP contribution is 2.10. The lowest BCUT2D eigenvalue weighted by atomic mass is 10.1. The molecule has 0 aromatic heterocycles. The lowest BCUT2D eigenvalue weighted by Crippen LogP contribution is -2.54. The first-order valence-electron chi connectivity index (χ1n) is 14.5. The molecule has 0 aromatic rings. The van der Waals surface area contributed by atoms with E-state index in [0.29, 0.717) is 6.42 Å². The lowest BCUT2D eigenvalue weighted by Gasteiger charge is -2.36.